The molecule has 0 bridgehead atoms. The van der Waals surface area contributed by atoms with E-state index < -0.39 is 0 Å². The topological polar surface area (TPSA) is 35.5 Å². The predicted octanol–water partition coefficient (Wildman–Crippen LogP) is 1.12. The Morgan fingerprint density at radius 2 is 2.36 bits per heavy atom. The van der Waals surface area contributed by atoms with E-state index in [0.29, 0.717) is 12.7 Å². The highest BCUT2D eigenvalue weighted by Crippen LogP contribution is 2.18. The molecule has 1 rings (SSSR count). The van der Waals surface area contributed by atoms with Crippen LogP contribution in [0.3, 0.4) is 0 Å². The van der Waals surface area contributed by atoms with E-state index in [9.17, 15) is 4.79 Å². The first kappa shape index (κ1) is 8.53. The lowest BCUT2D eigenvalue weighted by atomic mass is 10.2. The zero-order chi connectivity index (χ0) is 8.27. The van der Waals surface area contributed by atoms with Gasteiger partial charge in [-0.05, 0) is 19.8 Å². The number of hydrogen-bond acceptors (Lipinski definition) is 3. The molecule has 1 aliphatic heterocycles. The lowest BCUT2D eigenvalue weighted by Crippen LogP contribution is -2.17. The van der Waals surface area contributed by atoms with Crippen molar-refractivity contribution in [1.29, 1.82) is 0 Å². The fourth-order valence-corrected chi connectivity index (χ4v) is 1.22. The van der Waals surface area contributed by atoms with Crippen LogP contribution in [0.25, 0.3) is 0 Å². The van der Waals surface area contributed by atoms with Gasteiger partial charge in [-0.2, -0.15) is 0 Å². The molecule has 0 spiro atoms. The summed E-state index contributed by atoms with van der Waals surface area (Å²) in [5.41, 5.74) is 0. The Balaban J connectivity index is 2.13. The summed E-state index contributed by atoms with van der Waals surface area (Å²) in [6.45, 7) is 3.87. The van der Waals surface area contributed by atoms with Crippen LogP contribution in [0.1, 0.15) is 26.7 Å². The molecular weight excluding hydrogens is 144 g/mol. The maximum atomic E-state index is 10.4. The molecule has 1 saturated heterocycles. The average molecular weight is 158 g/mol. The number of esters is 1. The minimum Gasteiger partial charge on any atom is -0.463 e. The fourth-order valence-electron chi connectivity index (χ4n) is 1.22. The molecule has 0 amide bonds. The molecule has 0 saturated carbocycles. The summed E-state index contributed by atoms with van der Waals surface area (Å²) in [6, 6.07) is 0. The Labute approximate surface area is 66.7 Å². The van der Waals surface area contributed by atoms with Crippen LogP contribution in [0.2, 0.25) is 0 Å². The van der Waals surface area contributed by atoms with Crippen molar-refractivity contribution in [2.75, 3.05) is 6.61 Å². The van der Waals surface area contributed by atoms with Crippen molar-refractivity contribution in [3.63, 3.8) is 0 Å². The highest BCUT2D eigenvalue weighted by atomic mass is 16.6. The van der Waals surface area contributed by atoms with Gasteiger partial charge in [-0.25, -0.2) is 0 Å². The molecule has 0 aromatic heterocycles. The quantitative estimate of drug-likeness (QED) is 0.565. The largest absolute Gasteiger partial charge is 0.463 e. The minimum atomic E-state index is -0.229. The maximum Gasteiger partial charge on any atom is 0.302 e. The summed E-state index contributed by atoms with van der Waals surface area (Å²) < 4.78 is 10.2. The van der Waals surface area contributed by atoms with Gasteiger partial charge in [0.2, 0.25) is 0 Å². The Morgan fingerprint density at radius 1 is 1.64 bits per heavy atom. The van der Waals surface area contributed by atoms with E-state index in [1.54, 1.807) is 0 Å². The van der Waals surface area contributed by atoms with Crippen molar-refractivity contribution < 1.29 is 14.3 Å². The van der Waals surface area contributed by atoms with Gasteiger partial charge in [-0.1, -0.05) is 0 Å². The molecule has 0 unspecified atom stereocenters. The first-order valence-corrected chi connectivity index (χ1v) is 3.97. The third kappa shape index (κ3) is 2.89. The molecule has 3 heteroatoms. The van der Waals surface area contributed by atoms with Crippen LogP contribution in [0.15, 0.2) is 0 Å². The highest BCUT2D eigenvalue weighted by molar-refractivity contribution is 5.65. The third-order valence-corrected chi connectivity index (χ3v) is 1.79. The van der Waals surface area contributed by atoms with E-state index >= 15 is 0 Å². The maximum absolute atomic E-state index is 10.4. The van der Waals surface area contributed by atoms with Crippen LogP contribution in [0.5, 0.6) is 0 Å². The monoisotopic (exact) mass is 158 g/mol. The summed E-state index contributed by atoms with van der Waals surface area (Å²) in [4.78, 5) is 10.4. The molecule has 0 aromatic carbocycles. The van der Waals surface area contributed by atoms with Crippen molar-refractivity contribution >= 4 is 5.97 Å². The van der Waals surface area contributed by atoms with Crippen LogP contribution >= 0.6 is 0 Å². The summed E-state index contributed by atoms with van der Waals surface area (Å²) in [5.74, 6) is -0.229. The van der Waals surface area contributed by atoms with Gasteiger partial charge in [-0.3, -0.25) is 4.79 Å². The van der Waals surface area contributed by atoms with Crippen molar-refractivity contribution in [3.05, 3.63) is 0 Å². The van der Waals surface area contributed by atoms with Crippen molar-refractivity contribution in [1.82, 2.24) is 0 Å². The van der Waals surface area contributed by atoms with Crippen LogP contribution < -0.4 is 0 Å². The minimum absolute atomic E-state index is 0.133. The van der Waals surface area contributed by atoms with Crippen molar-refractivity contribution in [2.24, 2.45) is 0 Å². The van der Waals surface area contributed by atoms with Gasteiger partial charge in [0, 0.05) is 6.92 Å². The standard InChI is InChI=1S/C8H14O3/c1-6-3-4-8(11-6)5-10-7(2)9/h6,8H,3-5H2,1-2H3/t6-,8+/m0/s1. The Hall–Kier alpha value is -0.570. The van der Waals surface area contributed by atoms with Gasteiger partial charge in [0.05, 0.1) is 12.2 Å². The van der Waals surface area contributed by atoms with Gasteiger partial charge in [-0.15, -0.1) is 0 Å². The van der Waals surface area contributed by atoms with Gasteiger partial charge in [0.25, 0.3) is 0 Å². The van der Waals surface area contributed by atoms with Crippen LogP contribution in [-0.4, -0.2) is 24.8 Å². The molecule has 1 fully saturated rings. The number of carbonyl (C=O) groups excluding carboxylic acids is 1. The molecule has 0 radical (unpaired) electrons. The molecular formula is C8H14O3. The second-order valence-electron chi connectivity index (χ2n) is 2.95. The Bertz CT molecular complexity index is 144. The first-order chi connectivity index (χ1) is 5.18. The number of ether oxygens (including phenoxy) is 2. The first-order valence-electron chi connectivity index (χ1n) is 3.97. The van der Waals surface area contributed by atoms with E-state index in [4.69, 9.17) is 9.47 Å². The van der Waals surface area contributed by atoms with Gasteiger partial charge < -0.3 is 9.47 Å². The van der Waals surface area contributed by atoms with E-state index in [0.717, 1.165) is 12.8 Å². The zero-order valence-corrected chi connectivity index (χ0v) is 7.00. The molecule has 64 valence electrons. The predicted molar refractivity (Wildman–Crippen MR) is 40.2 cm³/mol. The molecule has 3 nitrogen and oxygen atoms in total. The van der Waals surface area contributed by atoms with Gasteiger partial charge in [0.15, 0.2) is 0 Å². The molecule has 0 aliphatic carbocycles. The van der Waals surface area contributed by atoms with E-state index in [-0.39, 0.29) is 12.1 Å². The van der Waals surface area contributed by atoms with Crippen LogP contribution in [0.4, 0.5) is 0 Å². The third-order valence-electron chi connectivity index (χ3n) is 1.79. The molecule has 1 heterocycles. The number of carbonyl (C=O) groups is 1. The Kier molecular flexibility index (Phi) is 2.88. The van der Waals surface area contributed by atoms with Gasteiger partial charge in [0.1, 0.15) is 6.61 Å². The SMILES string of the molecule is CC(=O)OC[C@H]1CC[C@H](C)O1. The van der Waals surface area contributed by atoms with E-state index in [2.05, 4.69) is 0 Å². The molecule has 2 atom stereocenters. The highest BCUT2D eigenvalue weighted by Gasteiger charge is 2.22. The van der Waals surface area contributed by atoms with Crippen molar-refractivity contribution in [2.45, 2.75) is 38.9 Å². The lowest BCUT2D eigenvalue weighted by Gasteiger charge is -2.09. The normalized spacial score (nSPS) is 30.4. The number of hydrogen-bond donors (Lipinski definition) is 0. The molecule has 11 heavy (non-hydrogen) atoms. The summed E-state index contributed by atoms with van der Waals surface area (Å²) in [6.07, 6.45) is 2.55. The van der Waals surface area contributed by atoms with Gasteiger partial charge >= 0.3 is 5.97 Å². The van der Waals surface area contributed by atoms with E-state index in [1.165, 1.54) is 6.92 Å². The average Bonchev–Trinajstić information content (AvgIpc) is 2.31. The molecule has 1 aliphatic rings. The smallest absolute Gasteiger partial charge is 0.302 e. The second-order valence-corrected chi connectivity index (χ2v) is 2.95. The summed E-state index contributed by atoms with van der Waals surface area (Å²) in [5, 5.41) is 0. The number of rotatable bonds is 2. The second kappa shape index (κ2) is 3.72. The summed E-state index contributed by atoms with van der Waals surface area (Å²) in [7, 11) is 0. The zero-order valence-electron chi connectivity index (χ0n) is 7.00. The van der Waals surface area contributed by atoms with Crippen LogP contribution in [-0.2, 0) is 14.3 Å². The molecule has 0 aromatic rings. The molecule has 0 N–H and O–H groups in total. The Morgan fingerprint density at radius 3 is 2.82 bits per heavy atom. The fraction of sp³-hybridized carbons (Fsp3) is 0.875. The van der Waals surface area contributed by atoms with Crippen LogP contribution in [0, 0.1) is 0 Å². The lowest BCUT2D eigenvalue weighted by molar-refractivity contribution is -0.144. The summed E-state index contributed by atoms with van der Waals surface area (Å²) >= 11 is 0. The van der Waals surface area contributed by atoms with E-state index in [1.807, 2.05) is 6.92 Å². The van der Waals surface area contributed by atoms with Crippen molar-refractivity contribution in [3.8, 4) is 0 Å².